The highest BCUT2D eigenvalue weighted by Gasteiger charge is 2.04. The molecule has 0 aliphatic rings. The highest BCUT2D eigenvalue weighted by molar-refractivity contribution is 5.82. The topological polar surface area (TPSA) is 64.4 Å². The Morgan fingerprint density at radius 1 is 1.38 bits per heavy atom. The summed E-state index contributed by atoms with van der Waals surface area (Å²) < 4.78 is 25.4. The van der Waals surface area contributed by atoms with Crippen LogP contribution in [0.25, 0.3) is 0 Å². The quantitative estimate of drug-likeness (QED) is 0.309. The van der Waals surface area contributed by atoms with Crippen molar-refractivity contribution in [3.8, 4) is 0 Å². The molecule has 1 aromatic rings. The third-order valence-electron chi connectivity index (χ3n) is 1.55. The van der Waals surface area contributed by atoms with Gasteiger partial charge < -0.3 is 11.6 Å². The zero-order chi connectivity index (χ0) is 9.84. The molecule has 3 nitrogen and oxygen atoms in total. The first-order chi connectivity index (χ1) is 6.13. The van der Waals surface area contributed by atoms with Gasteiger partial charge in [-0.25, -0.2) is 8.78 Å². The minimum atomic E-state index is -0.647. The van der Waals surface area contributed by atoms with Crippen molar-refractivity contribution in [3.63, 3.8) is 0 Å². The van der Waals surface area contributed by atoms with E-state index >= 15 is 0 Å². The van der Waals surface area contributed by atoms with Crippen LogP contribution >= 0.6 is 0 Å². The molecule has 0 fully saturated rings. The fraction of sp³-hybridized carbons (Fsp3) is 0.125. The van der Waals surface area contributed by atoms with E-state index in [0.29, 0.717) is 0 Å². The molecular weight excluding hydrogens is 176 g/mol. The van der Waals surface area contributed by atoms with Crippen LogP contribution in [-0.4, -0.2) is 5.84 Å². The van der Waals surface area contributed by atoms with Gasteiger partial charge in [0.1, 0.15) is 17.5 Å². The lowest BCUT2D eigenvalue weighted by molar-refractivity contribution is 0.575. The van der Waals surface area contributed by atoms with Crippen LogP contribution in [0.3, 0.4) is 0 Å². The molecule has 0 bridgehead atoms. The summed E-state index contributed by atoms with van der Waals surface area (Å²) in [7, 11) is 0. The van der Waals surface area contributed by atoms with Crippen LogP contribution in [0.1, 0.15) is 5.56 Å². The van der Waals surface area contributed by atoms with Gasteiger partial charge in [0.15, 0.2) is 0 Å². The Labute approximate surface area is 74.0 Å². The first-order valence-electron chi connectivity index (χ1n) is 3.59. The number of nitrogens with two attached hydrogens (primary N) is 2. The van der Waals surface area contributed by atoms with Gasteiger partial charge in [-0.1, -0.05) is 6.07 Å². The van der Waals surface area contributed by atoms with Crippen molar-refractivity contribution < 1.29 is 8.78 Å². The number of nitrogens with zero attached hydrogens (tertiary/aromatic N) is 1. The predicted molar refractivity (Wildman–Crippen MR) is 45.9 cm³/mol. The summed E-state index contributed by atoms with van der Waals surface area (Å²) in [5.41, 5.74) is 5.55. The molecule has 13 heavy (non-hydrogen) atoms. The van der Waals surface area contributed by atoms with Crippen molar-refractivity contribution in [2.45, 2.75) is 6.42 Å². The Morgan fingerprint density at radius 2 is 2.08 bits per heavy atom. The van der Waals surface area contributed by atoms with E-state index in [1.807, 2.05) is 0 Å². The molecule has 0 radical (unpaired) electrons. The van der Waals surface area contributed by atoms with Gasteiger partial charge in [0.25, 0.3) is 0 Å². The van der Waals surface area contributed by atoms with E-state index in [2.05, 4.69) is 5.10 Å². The predicted octanol–water partition coefficient (Wildman–Crippen LogP) is 0.738. The number of hydrogen-bond acceptors (Lipinski definition) is 2. The highest BCUT2D eigenvalue weighted by atomic mass is 19.1. The lowest BCUT2D eigenvalue weighted by Crippen LogP contribution is -2.17. The molecule has 0 spiro atoms. The van der Waals surface area contributed by atoms with Crippen molar-refractivity contribution in [3.05, 3.63) is 35.4 Å². The van der Waals surface area contributed by atoms with E-state index < -0.39 is 11.6 Å². The minimum Gasteiger partial charge on any atom is -0.385 e. The van der Waals surface area contributed by atoms with E-state index in [1.165, 1.54) is 6.07 Å². The third-order valence-corrected chi connectivity index (χ3v) is 1.55. The van der Waals surface area contributed by atoms with Gasteiger partial charge in [-0.2, -0.15) is 5.10 Å². The van der Waals surface area contributed by atoms with Crippen LogP contribution in [-0.2, 0) is 6.42 Å². The number of rotatable bonds is 2. The number of hydrogen-bond donors (Lipinski definition) is 2. The summed E-state index contributed by atoms with van der Waals surface area (Å²) >= 11 is 0. The molecule has 0 heterocycles. The zero-order valence-corrected chi connectivity index (χ0v) is 6.80. The van der Waals surface area contributed by atoms with Gasteiger partial charge in [0.05, 0.1) is 0 Å². The van der Waals surface area contributed by atoms with Crippen LogP contribution < -0.4 is 11.6 Å². The van der Waals surface area contributed by atoms with Crippen LogP contribution in [0.5, 0.6) is 0 Å². The highest BCUT2D eigenvalue weighted by Crippen LogP contribution is 2.09. The van der Waals surface area contributed by atoms with Gasteiger partial charge in [-0.3, -0.25) is 0 Å². The molecule has 0 unspecified atom stereocenters. The van der Waals surface area contributed by atoms with Crippen molar-refractivity contribution in [1.82, 2.24) is 0 Å². The maximum atomic E-state index is 13.0. The summed E-state index contributed by atoms with van der Waals surface area (Å²) in [6.07, 6.45) is 0.0859. The lowest BCUT2D eigenvalue weighted by Gasteiger charge is -2.01. The van der Waals surface area contributed by atoms with Gasteiger partial charge in [-0.15, -0.1) is 0 Å². The van der Waals surface area contributed by atoms with Crippen molar-refractivity contribution >= 4 is 5.84 Å². The monoisotopic (exact) mass is 185 g/mol. The van der Waals surface area contributed by atoms with E-state index in [0.717, 1.165) is 12.1 Å². The minimum absolute atomic E-state index is 0.0859. The van der Waals surface area contributed by atoms with E-state index in [4.69, 9.17) is 11.6 Å². The Balaban J connectivity index is 2.90. The second-order valence-electron chi connectivity index (χ2n) is 2.53. The molecule has 0 aliphatic heterocycles. The molecule has 0 saturated heterocycles. The number of amidine groups is 1. The Morgan fingerprint density at radius 3 is 2.62 bits per heavy atom. The SMILES string of the molecule is NN=C(N)Cc1ccc(F)cc1F. The average molecular weight is 185 g/mol. The molecule has 0 amide bonds. The second kappa shape index (κ2) is 3.84. The smallest absolute Gasteiger partial charge is 0.129 e. The molecular formula is C8H9F2N3. The standard InChI is InChI=1S/C8H9F2N3/c9-6-2-1-5(7(10)4-6)3-8(11)13-12/h1-2,4H,3,12H2,(H2,11,13). The maximum Gasteiger partial charge on any atom is 0.129 e. The lowest BCUT2D eigenvalue weighted by atomic mass is 10.1. The normalized spacial score (nSPS) is 11.7. The summed E-state index contributed by atoms with van der Waals surface area (Å²) in [6.45, 7) is 0. The van der Waals surface area contributed by atoms with Gasteiger partial charge in [0.2, 0.25) is 0 Å². The molecule has 0 aliphatic carbocycles. The Kier molecular flexibility index (Phi) is 2.79. The number of benzene rings is 1. The maximum absolute atomic E-state index is 13.0. The second-order valence-corrected chi connectivity index (χ2v) is 2.53. The van der Waals surface area contributed by atoms with E-state index in [-0.39, 0.29) is 17.8 Å². The zero-order valence-electron chi connectivity index (χ0n) is 6.80. The molecule has 4 N–H and O–H groups in total. The van der Waals surface area contributed by atoms with Crippen LogP contribution in [0.15, 0.2) is 23.3 Å². The fourth-order valence-electron chi connectivity index (χ4n) is 0.906. The van der Waals surface area contributed by atoms with Crippen molar-refractivity contribution in [1.29, 1.82) is 0 Å². The summed E-state index contributed by atoms with van der Waals surface area (Å²) in [5, 5.41) is 3.18. The van der Waals surface area contributed by atoms with Crippen molar-refractivity contribution in [2.75, 3.05) is 0 Å². The molecule has 0 saturated carbocycles. The summed E-state index contributed by atoms with van der Waals surface area (Å²) in [5.74, 6) is 3.70. The van der Waals surface area contributed by atoms with Gasteiger partial charge in [-0.05, 0) is 11.6 Å². The Bertz CT molecular complexity index is 336. The largest absolute Gasteiger partial charge is 0.385 e. The van der Waals surface area contributed by atoms with Gasteiger partial charge in [0, 0.05) is 12.5 Å². The van der Waals surface area contributed by atoms with E-state index in [1.54, 1.807) is 0 Å². The summed E-state index contributed by atoms with van der Waals surface area (Å²) in [4.78, 5) is 0. The molecule has 70 valence electrons. The first kappa shape index (κ1) is 9.44. The molecule has 5 heteroatoms. The number of halogens is 2. The third kappa shape index (κ3) is 2.40. The molecule has 0 aromatic heterocycles. The van der Waals surface area contributed by atoms with Crippen LogP contribution in [0, 0.1) is 11.6 Å². The van der Waals surface area contributed by atoms with Crippen LogP contribution in [0.2, 0.25) is 0 Å². The fourth-order valence-corrected chi connectivity index (χ4v) is 0.906. The Hall–Kier alpha value is -1.65. The molecule has 0 atom stereocenters. The van der Waals surface area contributed by atoms with E-state index in [9.17, 15) is 8.78 Å². The van der Waals surface area contributed by atoms with Gasteiger partial charge >= 0.3 is 0 Å². The average Bonchev–Trinajstić information content (AvgIpc) is 2.09. The molecule has 1 aromatic carbocycles. The first-order valence-corrected chi connectivity index (χ1v) is 3.59. The molecule has 1 rings (SSSR count). The summed E-state index contributed by atoms with van der Waals surface area (Å²) in [6, 6.07) is 3.25. The van der Waals surface area contributed by atoms with Crippen molar-refractivity contribution in [2.24, 2.45) is 16.7 Å². The number of hydrazone groups is 1. The van der Waals surface area contributed by atoms with Crippen LogP contribution in [0.4, 0.5) is 8.78 Å².